The second-order valence-corrected chi connectivity index (χ2v) is 9.11. The number of allylic oxidation sites excluding steroid dienone is 1. The molecule has 3 nitrogen and oxygen atoms in total. The average Bonchev–Trinajstić information content (AvgIpc) is 2.97. The van der Waals surface area contributed by atoms with Crippen molar-refractivity contribution < 1.29 is 9.15 Å². The molecule has 5 rings (SSSR count). The predicted octanol–water partition coefficient (Wildman–Crippen LogP) is 5.90. The summed E-state index contributed by atoms with van der Waals surface area (Å²) in [4.78, 5) is 12.8. The molecule has 142 valence electrons. The van der Waals surface area contributed by atoms with Gasteiger partial charge in [0.25, 0.3) is 0 Å². The standard InChI is InChI=1S/C25H24O3/c1-16-12-24(2,3)15-25(13-16)14-19-21(28-25)10-9-18-20(26)11-22(27-23(18)19)17-7-5-4-6-8-17/h4-11,13H,12,14-15H2,1-3H3. The van der Waals surface area contributed by atoms with Crippen LogP contribution in [0.15, 0.2) is 69.4 Å². The van der Waals surface area contributed by atoms with Crippen molar-refractivity contribution >= 4 is 11.0 Å². The van der Waals surface area contributed by atoms with Crippen LogP contribution in [0.1, 0.15) is 39.2 Å². The van der Waals surface area contributed by atoms with Gasteiger partial charge in [-0.25, -0.2) is 0 Å². The molecular formula is C25H24O3. The fourth-order valence-corrected chi connectivity index (χ4v) is 5.18. The molecule has 2 aromatic carbocycles. The van der Waals surface area contributed by atoms with Crippen molar-refractivity contribution in [1.82, 2.24) is 0 Å². The smallest absolute Gasteiger partial charge is 0.193 e. The van der Waals surface area contributed by atoms with Crippen molar-refractivity contribution in [3.05, 3.63) is 76.0 Å². The van der Waals surface area contributed by atoms with Gasteiger partial charge in [0.05, 0.1) is 5.39 Å². The molecule has 0 saturated heterocycles. The van der Waals surface area contributed by atoms with Crippen molar-refractivity contribution in [1.29, 1.82) is 0 Å². The molecular weight excluding hydrogens is 348 g/mol. The third-order valence-corrected chi connectivity index (χ3v) is 5.85. The van der Waals surface area contributed by atoms with Crippen LogP contribution in [0.25, 0.3) is 22.3 Å². The van der Waals surface area contributed by atoms with Gasteiger partial charge in [0.1, 0.15) is 22.7 Å². The Morgan fingerprint density at radius 1 is 1.00 bits per heavy atom. The van der Waals surface area contributed by atoms with Gasteiger partial charge in [-0.2, -0.15) is 0 Å². The van der Waals surface area contributed by atoms with Crippen LogP contribution in [0.2, 0.25) is 0 Å². The Kier molecular flexibility index (Phi) is 3.61. The summed E-state index contributed by atoms with van der Waals surface area (Å²) in [6.07, 6.45) is 5.06. The van der Waals surface area contributed by atoms with Gasteiger partial charge in [-0.1, -0.05) is 49.8 Å². The highest BCUT2D eigenvalue weighted by Crippen LogP contribution is 2.49. The molecule has 2 heterocycles. The van der Waals surface area contributed by atoms with E-state index in [1.807, 2.05) is 42.5 Å². The molecule has 1 unspecified atom stereocenters. The van der Waals surface area contributed by atoms with E-state index >= 15 is 0 Å². The number of ether oxygens (including phenoxy) is 1. The number of benzene rings is 2. The summed E-state index contributed by atoms with van der Waals surface area (Å²) in [5.74, 6) is 1.44. The van der Waals surface area contributed by atoms with Crippen molar-refractivity contribution in [2.24, 2.45) is 5.41 Å². The molecule has 1 atom stereocenters. The molecule has 0 saturated carbocycles. The number of rotatable bonds is 1. The maximum atomic E-state index is 12.8. The van der Waals surface area contributed by atoms with E-state index in [1.165, 1.54) is 5.57 Å². The summed E-state index contributed by atoms with van der Waals surface area (Å²) < 4.78 is 12.8. The Hall–Kier alpha value is -2.81. The quantitative estimate of drug-likeness (QED) is 0.499. The Balaban J connectivity index is 1.68. The molecule has 1 aliphatic carbocycles. The summed E-state index contributed by atoms with van der Waals surface area (Å²) in [5, 5.41) is 0.620. The monoisotopic (exact) mass is 372 g/mol. The summed E-state index contributed by atoms with van der Waals surface area (Å²) in [5.41, 5.74) is 3.77. The van der Waals surface area contributed by atoms with Crippen molar-refractivity contribution in [3.8, 4) is 17.1 Å². The first-order chi connectivity index (χ1) is 13.3. The SMILES string of the molecule is CC1=CC2(Cc3c(ccc4c(=O)cc(-c5ccccc5)oc34)O2)CC(C)(C)C1. The maximum Gasteiger partial charge on any atom is 0.193 e. The van der Waals surface area contributed by atoms with Gasteiger partial charge in [0.15, 0.2) is 5.43 Å². The van der Waals surface area contributed by atoms with Gasteiger partial charge >= 0.3 is 0 Å². The highest BCUT2D eigenvalue weighted by atomic mass is 16.5. The van der Waals surface area contributed by atoms with Gasteiger partial charge < -0.3 is 9.15 Å². The molecule has 1 spiro atoms. The largest absolute Gasteiger partial charge is 0.482 e. The first-order valence-corrected chi connectivity index (χ1v) is 9.87. The fraction of sp³-hybridized carbons (Fsp3) is 0.320. The molecule has 2 aliphatic rings. The summed E-state index contributed by atoms with van der Waals surface area (Å²) in [6.45, 7) is 6.77. The van der Waals surface area contributed by atoms with E-state index in [4.69, 9.17) is 9.15 Å². The van der Waals surface area contributed by atoms with Gasteiger partial charge in [0.2, 0.25) is 0 Å². The number of hydrogen-bond acceptors (Lipinski definition) is 3. The van der Waals surface area contributed by atoms with Crippen LogP contribution in [-0.2, 0) is 6.42 Å². The number of fused-ring (bicyclic) bond motifs is 3. The van der Waals surface area contributed by atoms with E-state index in [0.29, 0.717) is 16.7 Å². The minimum absolute atomic E-state index is 0.0143. The maximum absolute atomic E-state index is 12.8. The molecule has 3 aromatic rings. The second kappa shape index (κ2) is 5.84. The topological polar surface area (TPSA) is 39.4 Å². The van der Waals surface area contributed by atoms with E-state index in [2.05, 4.69) is 26.8 Å². The lowest BCUT2D eigenvalue weighted by molar-refractivity contribution is 0.0752. The van der Waals surface area contributed by atoms with E-state index in [-0.39, 0.29) is 16.4 Å². The average molecular weight is 372 g/mol. The van der Waals surface area contributed by atoms with E-state index in [9.17, 15) is 4.79 Å². The third kappa shape index (κ3) is 2.77. The van der Waals surface area contributed by atoms with Gasteiger partial charge in [0, 0.05) is 23.6 Å². The molecule has 0 bridgehead atoms. The van der Waals surface area contributed by atoms with E-state index in [0.717, 1.165) is 36.1 Å². The van der Waals surface area contributed by atoms with E-state index < -0.39 is 0 Å². The van der Waals surface area contributed by atoms with E-state index in [1.54, 1.807) is 6.07 Å². The first kappa shape index (κ1) is 17.3. The molecule has 3 heteroatoms. The van der Waals surface area contributed by atoms with Crippen LogP contribution >= 0.6 is 0 Å². The van der Waals surface area contributed by atoms with Crippen LogP contribution in [0.5, 0.6) is 5.75 Å². The molecule has 0 radical (unpaired) electrons. The van der Waals surface area contributed by atoms with Crippen LogP contribution in [0.3, 0.4) is 0 Å². The van der Waals surface area contributed by atoms with Crippen LogP contribution in [0, 0.1) is 5.41 Å². The third-order valence-electron chi connectivity index (χ3n) is 5.85. The summed E-state index contributed by atoms with van der Waals surface area (Å²) in [7, 11) is 0. The number of hydrogen-bond donors (Lipinski definition) is 0. The normalized spacial score (nSPS) is 22.8. The van der Waals surface area contributed by atoms with Crippen molar-refractivity contribution in [2.75, 3.05) is 0 Å². The van der Waals surface area contributed by atoms with Crippen molar-refractivity contribution in [3.63, 3.8) is 0 Å². The second-order valence-electron chi connectivity index (χ2n) is 9.11. The van der Waals surface area contributed by atoms with Gasteiger partial charge in [-0.3, -0.25) is 4.79 Å². The molecule has 0 N–H and O–H groups in total. The Morgan fingerprint density at radius 3 is 2.54 bits per heavy atom. The Labute approximate surface area is 164 Å². The highest BCUT2D eigenvalue weighted by molar-refractivity contribution is 5.84. The lowest BCUT2D eigenvalue weighted by Crippen LogP contribution is -2.40. The lowest BCUT2D eigenvalue weighted by Gasteiger charge is -2.40. The highest BCUT2D eigenvalue weighted by Gasteiger charge is 2.45. The first-order valence-electron chi connectivity index (χ1n) is 9.87. The summed E-state index contributed by atoms with van der Waals surface area (Å²) in [6, 6.07) is 15.1. The molecule has 1 aliphatic heterocycles. The Morgan fingerprint density at radius 2 is 1.79 bits per heavy atom. The molecule has 0 fully saturated rings. The Bertz CT molecular complexity index is 1170. The van der Waals surface area contributed by atoms with Crippen LogP contribution < -0.4 is 10.2 Å². The van der Waals surface area contributed by atoms with Crippen LogP contribution in [0.4, 0.5) is 0 Å². The van der Waals surface area contributed by atoms with Crippen molar-refractivity contribution in [2.45, 2.75) is 45.6 Å². The van der Waals surface area contributed by atoms with Gasteiger partial charge in [-0.15, -0.1) is 0 Å². The molecule has 0 amide bonds. The zero-order valence-electron chi connectivity index (χ0n) is 16.5. The zero-order chi connectivity index (χ0) is 19.5. The molecule has 28 heavy (non-hydrogen) atoms. The van der Waals surface area contributed by atoms with Crippen LogP contribution in [-0.4, -0.2) is 5.60 Å². The van der Waals surface area contributed by atoms with Gasteiger partial charge in [-0.05, 0) is 43.4 Å². The minimum Gasteiger partial charge on any atom is -0.482 e. The lowest BCUT2D eigenvalue weighted by atomic mass is 9.70. The fourth-order valence-electron chi connectivity index (χ4n) is 5.18. The summed E-state index contributed by atoms with van der Waals surface area (Å²) >= 11 is 0. The molecule has 1 aromatic heterocycles. The zero-order valence-corrected chi connectivity index (χ0v) is 16.5. The predicted molar refractivity (Wildman–Crippen MR) is 112 cm³/mol. The minimum atomic E-state index is -0.343.